The van der Waals surface area contributed by atoms with Crippen molar-refractivity contribution in [2.24, 2.45) is 10.9 Å². The molecule has 0 aliphatic carbocycles. The molecule has 29 heavy (non-hydrogen) atoms. The van der Waals surface area contributed by atoms with Crippen LogP contribution in [0.4, 0.5) is 0 Å². The lowest BCUT2D eigenvalue weighted by Gasteiger charge is -2.22. The number of benzene rings is 1. The maximum absolute atomic E-state index is 12.1. The van der Waals surface area contributed by atoms with Gasteiger partial charge in [0.1, 0.15) is 0 Å². The second-order valence-electron chi connectivity index (χ2n) is 8.07. The number of hydrogen-bond donors (Lipinski definition) is 1. The molecule has 0 bridgehead atoms. The van der Waals surface area contributed by atoms with Gasteiger partial charge >= 0.3 is 0 Å². The lowest BCUT2D eigenvalue weighted by Crippen LogP contribution is -2.40. The van der Waals surface area contributed by atoms with Gasteiger partial charge in [0.15, 0.2) is 5.96 Å². The highest BCUT2D eigenvalue weighted by Gasteiger charge is 2.25. The SMILES string of the molecule is CCNC(=NCCCN1CCCCCC1=O)N1CCC(Cc2ccccc2)C1.I. The molecule has 1 aromatic rings. The quantitative estimate of drug-likeness (QED) is 0.261. The van der Waals surface area contributed by atoms with Crippen molar-refractivity contribution < 1.29 is 4.79 Å². The molecule has 0 spiro atoms. The number of carbonyl (C=O) groups is 1. The van der Waals surface area contributed by atoms with E-state index in [1.165, 1.54) is 18.4 Å². The normalized spacial score (nSPS) is 20.4. The number of carbonyl (C=O) groups excluding carboxylic acids is 1. The van der Waals surface area contributed by atoms with Crippen LogP contribution < -0.4 is 5.32 Å². The zero-order chi connectivity index (χ0) is 19.6. The summed E-state index contributed by atoms with van der Waals surface area (Å²) >= 11 is 0. The number of aliphatic imine (C=N–C) groups is 1. The Kier molecular flexibility index (Phi) is 10.8. The molecule has 1 N–H and O–H groups in total. The van der Waals surface area contributed by atoms with E-state index >= 15 is 0 Å². The van der Waals surface area contributed by atoms with Gasteiger partial charge in [0, 0.05) is 45.7 Å². The smallest absolute Gasteiger partial charge is 0.222 e. The van der Waals surface area contributed by atoms with Crippen LogP contribution in [0.2, 0.25) is 0 Å². The molecular formula is C23H37IN4O. The van der Waals surface area contributed by atoms with Crippen LogP contribution in [0.5, 0.6) is 0 Å². The molecule has 2 aliphatic heterocycles. The van der Waals surface area contributed by atoms with Gasteiger partial charge in [-0.1, -0.05) is 36.8 Å². The van der Waals surface area contributed by atoms with Crippen LogP contribution in [-0.4, -0.2) is 60.9 Å². The van der Waals surface area contributed by atoms with E-state index in [1.807, 2.05) is 4.90 Å². The summed E-state index contributed by atoms with van der Waals surface area (Å²) in [5.74, 6) is 2.07. The number of hydrogen-bond acceptors (Lipinski definition) is 2. The third kappa shape index (κ3) is 7.79. The third-order valence-corrected chi connectivity index (χ3v) is 5.81. The van der Waals surface area contributed by atoms with Gasteiger partial charge < -0.3 is 15.1 Å². The lowest BCUT2D eigenvalue weighted by molar-refractivity contribution is -0.130. The molecule has 1 atom stereocenters. The molecule has 0 saturated carbocycles. The molecule has 5 nitrogen and oxygen atoms in total. The average molecular weight is 512 g/mol. The minimum atomic E-state index is 0. The maximum Gasteiger partial charge on any atom is 0.222 e. The molecule has 6 heteroatoms. The van der Waals surface area contributed by atoms with Gasteiger partial charge in [-0.15, -0.1) is 24.0 Å². The summed E-state index contributed by atoms with van der Waals surface area (Å²) in [7, 11) is 0. The average Bonchev–Trinajstić information content (AvgIpc) is 3.07. The van der Waals surface area contributed by atoms with E-state index in [2.05, 4.69) is 47.5 Å². The Morgan fingerprint density at radius 2 is 2.00 bits per heavy atom. The van der Waals surface area contributed by atoms with Crippen molar-refractivity contribution in [1.82, 2.24) is 15.1 Å². The predicted octanol–water partition coefficient (Wildman–Crippen LogP) is 3.93. The second-order valence-corrected chi connectivity index (χ2v) is 8.07. The number of halogens is 1. The number of rotatable bonds is 7. The number of amides is 1. The molecule has 0 radical (unpaired) electrons. The van der Waals surface area contributed by atoms with E-state index in [-0.39, 0.29) is 24.0 Å². The number of guanidine groups is 1. The van der Waals surface area contributed by atoms with E-state index in [9.17, 15) is 4.79 Å². The van der Waals surface area contributed by atoms with Crippen LogP contribution in [0.25, 0.3) is 0 Å². The van der Waals surface area contributed by atoms with Crippen molar-refractivity contribution >= 4 is 35.8 Å². The van der Waals surface area contributed by atoms with E-state index in [1.54, 1.807) is 0 Å². The molecule has 1 unspecified atom stereocenters. The van der Waals surface area contributed by atoms with Crippen LogP contribution >= 0.6 is 24.0 Å². The third-order valence-electron chi connectivity index (χ3n) is 5.81. The Balaban J connectivity index is 0.00000300. The van der Waals surface area contributed by atoms with Crippen molar-refractivity contribution in [3.63, 3.8) is 0 Å². The first kappa shape index (κ1) is 24.0. The fraction of sp³-hybridized carbons (Fsp3) is 0.652. The molecule has 0 aromatic heterocycles. The minimum Gasteiger partial charge on any atom is -0.357 e. The standard InChI is InChI=1S/C23H36N4O.HI/c1-2-24-23(25-14-9-16-26-15-8-4-7-12-22(26)28)27-17-13-21(19-27)18-20-10-5-3-6-11-20;/h3,5-6,10-11,21H,2,4,7-9,12-19H2,1H3,(H,24,25);1H. The molecule has 2 heterocycles. The van der Waals surface area contributed by atoms with Gasteiger partial charge in [-0.3, -0.25) is 9.79 Å². The predicted molar refractivity (Wildman–Crippen MR) is 131 cm³/mol. The van der Waals surface area contributed by atoms with Gasteiger partial charge in [-0.2, -0.15) is 0 Å². The Bertz CT molecular complexity index is 637. The molecule has 162 valence electrons. The van der Waals surface area contributed by atoms with Crippen LogP contribution in [0, 0.1) is 5.92 Å². The first-order chi connectivity index (χ1) is 13.8. The van der Waals surface area contributed by atoms with Gasteiger partial charge in [-0.25, -0.2) is 0 Å². The van der Waals surface area contributed by atoms with E-state index in [0.717, 1.165) is 77.3 Å². The van der Waals surface area contributed by atoms with E-state index in [4.69, 9.17) is 4.99 Å². The monoisotopic (exact) mass is 512 g/mol. The fourth-order valence-corrected chi connectivity index (χ4v) is 4.29. The molecule has 2 aliphatic rings. The molecule has 2 fully saturated rings. The highest BCUT2D eigenvalue weighted by atomic mass is 127. The molecule has 1 aromatic carbocycles. The van der Waals surface area contributed by atoms with Crippen molar-refractivity contribution in [2.45, 2.75) is 51.9 Å². The molecular weight excluding hydrogens is 475 g/mol. The largest absolute Gasteiger partial charge is 0.357 e. The van der Waals surface area contributed by atoms with Crippen molar-refractivity contribution in [3.8, 4) is 0 Å². The zero-order valence-corrected chi connectivity index (χ0v) is 20.1. The topological polar surface area (TPSA) is 47.9 Å². The summed E-state index contributed by atoms with van der Waals surface area (Å²) in [6.07, 6.45) is 7.43. The van der Waals surface area contributed by atoms with Gasteiger partial charge in [0.05, 0.1) is 0 Å². The summed E-state index contributed by atoms with van der Waals surface area (Å²) < 4.78 is 0. The van der Waals surface area contributed by atoms with E-state index < -0.39 is 0 Å². The number of likely N-dealkylation sites (tertiary alicyclic amines) is 2. The first-order valence-corrected chi connectivity index (χ1v) is 11.1. The second kappa shape index (κ2) is 13.1. The Labute approximate surface area is 193 Å². The Hall–Kier alpha value is -1.31. The first-order valence-electron chi connectivity index (χ1n) is 11.1. The Morgan fingerprint density at radius 3 is 2.79 bits per heavy atom. The van der Waals surface area contributed by atoms with Crippen LogP contribution in [0.15, 0.2) is 35.3 Å². The summed E-state index contributed by atoms with van der Waals surface area (Å²) in [6, 6.07) is 10.8. The van der Waals surface area contributed by atoms with E-state index in [0.29, 0.717) is 11.8 Å². The zero-order valence-electron chi connectivity index (χ0n) is 17.8. The summed E-state index contributed by atoms with van der Waals surface area (Å²) in [5.41, 5.74) is 1.43. The van der Waals surface area contributed by atoms with Crippen LogP contribution in [-0.2, 0) is 11.2 Å². The van der Waals surface area contributed by atoms with Crippen LogP contribution in [0.3, 0.4) is 0 Å². The number of nitrogens with one attached hydrogen (secondary N) is 1. The summed E-state index contributed by atoms with van der Waals surface area (Å²) in [5, 5.41) is 3.46. The molecule has 1 amide bonds. The van der Waals surface area contributed by atoms with Crippen molar-refractivity contribution in [1.29, 1.82) is 0 Å². The van der Waals surface area contributed by atoms with Crippen molar-refractivity contribution in [3.05, 3.63) is 35.9 Å². The molecule has 3 rings (SSSR count). The Morgan fingerprint density at radius 1 is 1.17 bits per heavy atom. The summed E-state index contributed by atoms with van der Waals surface area (Å²) in [4.78, 5) is 21.4. The molecule has 2 saturated heterocycles. The summed E-state index contributed by atoms with van der Waals surface area (Å²) in [6.45, 7) is 7.73. The highest BCUT2D eigenvalue weighted by Crippen LogP contribution is 2.21. The number of nitrogens with zero attached hydrogens (tertiary/aromatic N) is 3. The fourth-order valence-electron chi connectivity index (χ4n) is 4.29. The van der Waals surface area contributed by atoms with Gasteiger partial charge in [0.25, 0.3) is 0 Å². The minimum absolute atomic E-state index is 0. The van der Waals surface area contributed by atoms with Gasteiger partial charge in [0.2, 0.25) is 5.91 Å². The van der Waals surface area contributed by atoms with Gasteiger partial charge in [-0.05, 0) is 50.5 Å². The van der Waals surface area contributed by atoms with Crippen molar-refractivity contribution in [2.75, 3.05) is 39.3 Å². The lowest BCUT2D eigenvalue weighted by atomic mass is 9.99. The highest BCUT2D eigenvalue weighted by molar-refractivity contribution is 14.0. The van der Waals surface area contributed by atoms with Crippen LogP contribution in [0.1, 0.15) is 51.0 Å². The maximum atomic E-state index is 12.1.